The first kappa shape index (κ1) is 14.6. The highest BCUT2D eigenvalue weighted by atomic mass is 32.2. The van der Waals surface area contributed by atoms with Gasteiger partial charge in [-0.1, -0.05) is 18.7 Å². The monoisotopic (exact) mass is 291 g/mol. The van der Waals surface area contributed by atoms with Gasteiger partial charge in [-0.25, -0.2) is 0 Å². The number of nitrogens with zero attached hydrogens (tertiary/aromatic N) is 3. The van der Waals surface area contributed by atoms with Gasteiger partial charge in [0, 0.05) is 12.6 Å². The van der Waals surface area contributed by atoms with Crippen molar-refractivity contribution in [3.63, 3.8) is 0 Å². The summed E-state index contributed by atoms with van der Waals surface area (Å²) in [5.74, 6) is 0.846. The molecule has 0 amide bonds. The average molecular weight is 291 g/mol. The first-order valence-electron chi connectivity index (χ1n) is 6.34. The van der Waals surface area contributed by atoms with Gasteiger partial charge < -0.3 is 9.30 Å². The number of rotatable bonds is 6. The maximum absolute atomic E-state index is 12.5. The lowest BCUT2D eigenvalue weighted by molar-refractivity contribution is 0.0988. The molecule has 20 heavy (non-hydrogen) atoms. The Hall–Kier alpha value is -1.82. The zero-order valence-electron chi connectivity index (χ0n) is 11.7. The first-order valence-corrected chi connectivity index (χ1v) is 7.22. The standard InChI is InChI=1S/C14H17N3O2S/c1-4-12(20-14-16-15-9-17(14)2)13(18)10-5-7-11(19-3)8-6-10/h5-9,12H,4H2,1-3H3/t12-/m1/s1. The number of thioether (sulfide) groups is 1. The molecule has 0 bridgehead atoms. The van der Waals surface area contributed by atoms with Crippen LogP contribution in [0.1, 0.15) is 23.7 Å². The minimum absolute atomic E-state index is 0.100. The summed E-state index contributed by atoms with van der Waals surface area (Å²) in [5.41, 5.74) is 0.687. The van der Waals surface area contributed by atoms with Gasteiger partial charge in [0.2, 0.25) is 0 Å². The van der Waals surface area contributed by atoms with Crippen molar-refractivity contribution in [2.75, 3.05) is 7.11 Å². The third kappa shape index (κ3) is 3.19. The van der Waals surface area contributed by atoms with Crippen molar-refractivity contribution in [1.29, 1.82) is 0 Å². The summed E-state index contributed by atoms with van der Waals surface area (Å²) >= 11 is 1.44. The second-order valence-electron chi connectivity index (χ2n) is 4.33. The van der Waals surface area contributed by atoms with Gasteiger partial charge in [-0.3, -0.25) is 4.79 Å². The van der Waals surface area contributed by atoms with E-state index in [0.29, 0.717) is 5.56 Å². The van der Waals surface area contributed by atoms with E-state index in [4.69, 9.17) is 4.74 Å². The summed E-state index contributed by atoms with van der Waals surface area (Å²) in [5, 5.41) is 8.43. The number of aryl methyl sites for hydroxylation is 1. The molecular weight excluding hydrogens is 274 g/mol. The van der Waals surface area contributed by atoms with E-state index in [1.165, 1.54) is 11.8 Å². The Morgan fingerprint density at radius 1 is 1.40 bits per heavy atom. The molecule has 2 aromatic rings. The Labute approximate surface area is 122 Å². The molecule has 0 radical (unpaired) electrons. The molecule has 106 valence electrons. The van der Waals surface area contributed by atoms with Crippen LogP contribution in [0.4, 0.5) is 0 Å². The van der Waals surface area contributed by atoms with E-state index >= 15 is 0 Å². The van der Waals surface area contributed by atoms with Crippen LogP contribution in [0.3, 0.4) is 0 Å². The summed E-state index contributed by atoms with van der Waals surface area (Å²) < 4.78 is 6.91. The number of ether oxygens (including phenoxy) is 1. The van der Waals surface area contributed by atoms with Gasteiger partial charge in [-0.2, -0.15) is 0 Å². The Bertz CT molecular complexity index is 580. The molecule has 1 atom stereocenters. The molecule has 0 fully saturated rings. The minimum Gasteiger partial charge on any atom is -0.497 e. The van der Waals surface area contributed by atoms with Crippen LogP contribution in [0.15, 0.2) is 35.7 Å². The molecule has 0 saturated heterocycles. The van der Waals surface area contributed by atoms with Crippen molar-refractivity contribution >= 4 is 17.5 Å². The minimum atomic E-state index is -0.161. The molecule has 0 N–H and O–H groups in total. The zero-order chi connectivity index (χ0) is 14.5. The van der Waals surface area contributed by atoms with Crippen molar-refractivity contribution in [2.24, 2.45) is 7.05 Å². The van der Waals surface area contributed by atoms with Crippen molar-refractivity contribution < 1.29 is 9.53 Å². The second kappa shape index (κ2) is 6.56. The highest BCUT2D eigenvalue weighted by Gasteiger charge is 2.21. The molecule has 0 aliphatic heterocycles. The van der Waals surface area contributed by atoms with Crippen LogP contribution >= 0.6 is 11.8 Å². The SMILES string of the molecule is CC[C@@H](Sc1nncn1C)C(=O)c1ccc(OC)cc1. The van der Waals surface area contributed by atoms with E-state index in [-0.39, 0.29) is 11.0 Å². The van der Waals surface area contributed by atoms with E-state index in [1.54, 1.807) is 37.7 Å². The third-order valence-electron chi connectivity index (χ3n) is 2.96. The molecule has 0 aliphatic rings. The highest BCUT2D eigenvalue weighted by molar-refractivity contribution is 8.00. The molecule has 1 heterocycles. The molecule has 6 heteroatoms. The zero-order valence-corrected chi connectivity index (χ0v) is 12.6. The van der Waals surface area contributed by atoms with Crippen LogP contribution in [0.5, 0.6) is 5.75 Å². The molecule has 1 aromatic heterocycles. The van der Waals surface area contributed by atoms with E-state index in [2.05, 4.69) is 10.2 Å². The van der Waals surface area contributed by atoms with Crippen LogP contribution in [0.25, 0.3) is 0 Å². The van der Waals surface area contributed by atoms with Crippen LogP contribution in [-0.2, 0) is 7.05 Å². The fourth-order valence-electron chi connectivity index (χ4n) is 1.77. The number of carbonyl (C=O) groups excluding carboxylic acids is 1. The summed E-state index contributed by atoms with van der Waals surface area (Å²) in [6.07, 6.45) is 2.37. The first-order chi connectivity index (χ1) is 9.65. The van der Waals surface area contributed by atoms with E-state index in [1.807, 2.05) is 18.5 Å². The lowest BCUT2D eigenvalue weighted by Gasteiger charge is -2.12. The fraction of sp³-hybridized carbons (Fsp3) is 0.357. The van der Waals surface area contributed by atoms with Crippen LogP contribution in [0, 0.1) is 0 Å². The number of carbonyl (C=O) groups is 1. The molecule has 5 nitrogen and oxygen atoms in total. The number of aromatic nitrogens is 3. The molecule has 0 aliphatic carbocycles. The van der Waals surface area contributed by atoms with Gasteiger partial charge in [0.15, 0.2) is 10.9 Å². The lowest BCUT2D eigenvalue weighted by Crippen LogP contribution is -2.17. The number of hydrogen-bond donors (Lipinski definition) is 0. The summed E-state index contributed by atoms with van der Waals surface area (Å²) in [6, 6.07) is 7.18. The predicted octanol–water partition coefficient (Wildman–Crippen LogP) is 2.58. The summed E-state index contributed by atoms with van der Waals surface area (Å²) in [6.45, 7) is 2.00. The van der Waals surface area contributed by atoms with E-state index in [0.717, 1.165) is 17.3 Å². The number of ketones is 1. The van der Waals surface area contributed by atoms with Gasteiger partial charge in [0.25, 0.3) is 0 Å². The van der Waals surface area contributed by atoms with Crippen LogP contribution < -0.4 is 4.74 Å². The van der Waals surface area contributed by atoms with Gasteiger partial charge in [-0.15, -0.1) is 10.2 Å². The maximum Gasteiger partial charge on any atom is 0.191 e. The number of methoxy groups -OCH3 is 1. The lowest BCUT2D eigenvalue weighted by atomic mass is 10.1. The smallest absolute Gasteiger partial charge is 0.191 e. The molecule has 0 spiro atoms. The maximum atomic E-state index is 12.5. The summed E-state index contributed by atoms with van der Waals surface area (Å²) in [4.78, 5) is 12.5. The Balaban J connectivity index is 2.14. The third-order valence-corrected chi connectivity index (χ3v) is 4.37. The average Bonchev–Trinajstić information content (AvgIpc) is 2.89. The predicted molar refractivity (Wildman–Crippen MR) is 78.3 cm³/mol. The number of hydrogen-bond acceptors (Lipinski definition) is 5. The van der Waals surface area contributed by atoms with Crippen LogP contribution in [-0.4, -0.2) is 32.9 Å². The van der Waals surface area contributed by atoms with Gasteiger partial charge in [0.05, 0.1) is 12.4 Å². The Morgan fingerprint density at radius 3 is 2.60 bits per heavy atom. The van der Waals surface area contributed by atoms with E-state index in [9.17, 15) is 4.79 Å². The topological polar surface area (TPSA) is 57.0 Å². The molecule has 0 saturated carbocycles. The van der Waals surface area contributed by atoms with Crippen LogP contribution in [0.2, 0.25) is 0 Å². The number of Topliss-reactive ketones (excluding diaryl/α,β-unsaturated/α-hetero) is 1. The van der Waals surface area contributed by atoms with Crippen molar-refractivity contribution in [1.82, 2.24) is 14.8 Å². The van der Waals surface area contributed by atoms with Gasteiger partial charge in [-0.05, 0) is 30.7 Å². The number of benzene rings is 1. The Kier molecular flexibility index (Phi) is 4.79. The van der Waals surface area contributed by atoms with Crippen molar-refractivity contribution in [3.8, 4) is 5.75 Å². The quantitative estimate of drug-likeness (QED) is 0.605. The largest absolute Gasteiger partial charge is 0.497 e. The Morgan fingerprint density at radius 2 is 2.10 bits per heavy atom. The summed E-state index contributed by atoms with van der Waals surface area (Å²) in [7, 11) is 3.47. The van der Waals surface area contributed by atoms with E-state index < -0.39 is 0 Å². The molecule has 1 aromatic carbocycles. The molecule has 0 unspecified atom stereocenters. The van der Waals surface area contributed by atoms with Gasteiger partial charge in [0.1, 0.15) is 12.1 Å². The molecular formula is C14H17N3O2S. The van der Waals surface area contributed by atoms with Crippen molar-refractivity contribution in [2.45, 2.75) is 23.8 Å². The van der Waals surface area contributed by atoms with Gasteiger partial charge >= 0.3 is 0 Å². The second-order valence-corrected chi connectivity index (χ2v) is 5.50. The van der Waals surface area contributed by atoms with Crippen molar-refractivity contribution in [3.05, 3.63) is 36.2 Å². The normalized spacial score (nSPS) is 12.2. The molecule has 2 rings (SSSR count). The fourth-order valence-corrected chi connectivity index (χ4v) is 2.74. The highest BCUT2D eigenvalue weighted by Crippen LogP contribution is 2.26.